The lowest BCUT2D eigenvalue weighted by molar-refractivity contribution is 0.679. The highest BCUT2D eigenvalue weighted by molar-refractivity contribution is 7.09. The Hall–Kier alpha value is -0.670. The van der Waals surface area contributed by atoms with E-state index >= 15 is 0 Å². The highest BCUT2D eigenvalue weighted by atomic mass is 32.1. The maximum Gasteiger partial charge on any atom is 0.0798 e. The van der Waals surface area contributed by atoms with Crippen LogP contribution in [0.5, 0.6) is 0 Å². The van der Waals surface area contributed by atoms with Gasteiger partial charge in [-0.3, -0.25) is 0 Å². The zero-order valence-corrected chi connectivity index (χ0v) is 10.1. The second kappa shape index (κ2) is 5.42. The van der Waals surface area contributed by atoms with E-state index in [1.807, 2.05) is 5.51 Å². The van der Waals surface area contributed by atoms with E-state index in [1.54, 1.807) is 16.9 Å². The number of rotatable bonds is 5. The minimum Gasteiger partial charge on any atom is -0.311 e. The Morgan fingerprint density at radius 1 is 1.53 bits per heavy atom. The van der Waals surface area contributed by atoms with Gasteiger partial charge in [-0.2, -0.15) is 0 Å². The summed E-state index contributed by atoms with van der Waals surface area (Å²) in [4.78, 5) is 5.61. The van der Waals surface area contributed by atoms with E-state index < -0.39 is 0 Å². The lowest BCUT2D eigenvalue weighted by atomic mass is 10.2. The van der Waals surface area contributed by atoms with Crippen LogP contribution >= 0.6 is 11.3 Å². The van der Waals surface area contributed by atoms with Crippen molar-refractivity contribution < 1.29 is 0 Å². The van der Waals surface area contributed by atoms with Crippen molar-refractivity contribution in [3.05, 3.63) is 27.7 Å². The monoisotopic (exact) mass is 222 g/mol. The molecule has 15 heavy (non-hydrogen) atoms. The average molecular weight is 222 g/mol. The Bertz CT molecular complexity index is 341. The number of thiazole rings is 1. The second-order valence-electron chi connectivity index (χ2n) is 4.04. The Kier molecular flexibility index (Phi) is 3.92. The molecule has 1 aromatic heterocycles. The van der Waals surface area contributed by atoms with Gasteiger partial charge in [-0.15, -0.1) is 11.3 Å². The number of hydrogen-bond donors (Lipinski definition) is 1. The molecule has 1 aliphatic carbocycles. The summed E-state index contributed by atoms with van der Waals surface area (Å²) in [6.45, 7) is 4.15. The van der Waals surface area contributed by atoms with Crippen LogP contribution in [0.1, 0.15) is 36.3 Å². The summed E-state index contributed by atoms with van der Waals surface area (Å²) in [6, 6.07) is 0. The molecule has 0 atom stereocenters. The van der Waals surface area contributed by atoms with Gasteiger partial charge in [0.25, 0.3) is 0 Å². The summed E-state index contributed by atoms with van der Waals surface area (Å²) in [6.07, 6.45) is 7.60. The van der Waals surface area contributed by atoms with Crippen LogP contribution in [0.4, 0.5) is 0 Å². The molecule has 0 aromatic carbocycles. The summed E-state index contributed by atoms with van der Waals surface area (Å²) in [5.74, 6) is 0. The predicted octanol–water partition coefficient (Wildman–Crippen LogP) is 3.04. The van der Waals surface area contributed by atoms with E-state index in [1.165, 1.54) is 36.3 Å². The summed E-state index contributed by atoms with van der Waals surface area (Å²) in [7, 11) is 0. The number of aryl methyl sites for hydroxylation is 1. The van der Waals surface area contributed by atoms with E-state index in [2.05, 4.69) is 23.3 Å². The third-order valence-corrected chi connectivity index (χ3v) is 3.82. The van der Waals surface area contributed by atoms with Crippen molar-refractivity contribution >= 4 is 11.3 Å². The summed E-state index contributed by atoms with van der Waals surface area (Å²) in [5, 5.41) is 3.49. The molecule has 2 rings (SSSR count). The van der Waals surface area contributed by atoms with Crippen LogP contribution in [0.25, 0.3) is 0 Å². The Morgan fingerprint density at radius 3 is 3.13 bits per heavy atom. The topological polar surface area (TPSA) is 24.9 Å². The molecule has 0 aliphatic heterocycles. The Balaban J connectivity index is 1.65. The lowest BCUT2D eigenvalue weighted by Crippen LogP contribution is -2.14. The van der Waals surface area contributed by atoms with Crippen LogP contribution in [0.15, 0.2) is 17.2 Å². The number of nitrogens with one attached hydrogen (secondary N) is 1. The van der Waals surface area contributed by atoms with Gasteiger partial charge in [0.1, 0.15) is 0 Å². The normalized spacial score (nSPS) is 15.7. The molecule has 2 nitrogen and oxygen atoms in total. The first kappa shape index (κ1) is 10.8. The minimum atomic E-state index is 0.976. The van der Waals surface area contributed by atoms with E-state index in [4.69, 9.17) is 0 Å². The summed E-state index contributed by atoms with van der Waals surface area (Å²) in [5.41, 5.74) is 4.74. The van der Waals surface area contributed by atoms with Crippen molar-refractivity contribution in [1.82, 2.24) is 10.3 Å². The maximum absolute atomic E-state index is 4.24. The first-order valence-electron chi connectivity index (χ1n) is 5.64. The van der Waals surface area contributed by atoms with Crippen LogP contribution in [-0.4, -0.2) is 11.5 Å². The molecule has 0 radical (unpaired) electrons. The van der Waals surface area contributed by atoms with E-state index in [0.717, 1.165) is 13.1 Å². The number of nitrogens with zero attached hydrogens (tertiary/aromatic N) is 1. The molecule has 0 fully saturated rings. The zero-order chi connectivity index (χ0) is 10.5. The SMILES string of the molecule is Cc1ncsc1CNCCC1=CCCC1. The van der Waals surface area contributed by atoms with Crippen LogP contribution < -0.4 is 5.32 Å². The summed E-state index contributed by atoms with van der Waals surface area (Å²) >= 11 is 1.74. The molecule has 1 aromatic rings. The van der Waals surface area contributed by atoms with Gasteiger partial charge < -0.3 is 5.32 Å². The Morgan fingerprint density at radius 2 is 2.47 bits per heavy atom. The van der Waals surface area contributed by atoms with Gasteiger partial charge in [-0.1, -0.05) is 11.6 Å². The highest BCUT2D eigenvalue weighted by Crippen LogP contribution is 2.19. The number of hydrogen-bond acceptors (Lipinski definition) is 3. The molecule has 0 saturated heterocycles. The smallest absolute Gasteiger partial charge is 0.0798 e. The second-order valence-corrected chi connectivity index (χ2v) is 4.98. The van der Waals surface area contributed by atoms with Crippen molar-refractivity contribution in [1.29, 1.82) is 0 Å². The zero-order valence-electron chi connectivity index (χ0n) is 9.25. The predicted molar refractivity (Wildman–Crippen MR) is 65.1 cm³/mol. The molecule has 0 saturated carbocycles. The van der Waals surface area contributed by atoms with Crippen molar-refractivity contribution in [3.63, 3.8) is 0 Å². The van der Waals surface area contributed by atoms with Crippen LogP contribution in [0.2, 0.25) is 0 Å². The molecule has 0 amide bonds. The van der Waals surface area contributed by atoms with Crippen molar-refractivity contribution in [3.8, 4) is 0 Å². The highest BCUT2D eigenvalue weighted by Gasteiger charge is 2.04. The van der Waals surface area contributed by atoms with Gasteiger partial charge in [-0.25, -0.2) is 4.98 Å². The van der Waals surface area contributed by atoms with Crippen LogP contribution in [-0.2, 0) is 6.54 Å². The molecule has 0 bridgehead atoms. The quantitative estimate of drug-likeness (QED) is 0.612. The van der Waals surface area contributed by atoms with Gasteiger partial charge >= 0.3 is 0 Å². The van der Waals surface area contributed by atoms with E-state index in [-0.39, 0.29) is 0 Å². The van der Waals surface area contributed by atoms with Crippen LogP contribution in [0.3, 0.4) is 0 Å². The fraction of sp³-hybridized carbons (Fsp3) is 0.583. The summed E-state index contributed by atoms with van der Waals surface area (Å²) < 4.78 is 0. The third-order valence-electron chi connectivity index (χ3n) is 2.89. The van der Waals surface area contributed by atoms with Crippen LogP contribution in [0, 0.1) is 6.92 Å². The molecule has 1 aliphatic rings. The molecule has 0 unspecified atom stereocenters. The molecule has 3 heteroatoms. The molecule has 82 valence electrons. The van der Waals surface area contributed by atoms with Gasteiger partial charge in [0.05, 0.1) is 11.2 Å². The van der Waals surface area contributed by atoms with E-state index in [0.29, 0.717) is 0 Å². The van der Waals surface area contributed by atoms with Crippen molar-refractivity contribution in [2.45, 2.75) is 39.2 Å². The number of allylic oxidation sites excluding steroid dienone is 1. The average Bonchev–Trinajstić information content (AvgIpc) is 2.85. The van der Waals surface area contributed by atoms with Gasteiger partial charge in [0.15, 0.2) is 0 Å². The molecule has 0 spiro atoms. The van der Waals surface area contributed by atoms with Crippen molar-refractivity contribution in [2.75, 3.05) is 6.54 Å². The molecular weight excluding hydrogens is 204 g/mol. The van der Waals surface area contributed by atoms with E-state index in [9.17, 15) is 0 Å². The first-order valence-corrected chi connectivity index (χ1v) is 6.52. The minimum absolute atomic E-state index is 0.976. The molecule has 1 heterocycles. The fourth-order valence-electron chi connectivity index (χ4n) is 1.91. The van der Waals surface area contributed by atoms with Gasteiger partial charge in [0.2, 0.25) is 0 Å². The Labute approximate surface area is 95.4 Å². The van der Waals surface area contributed by atoms with Gasteiger partial charge in [0, 0.05) is 11.4 Å². The van der Waals surface area contributed by atoms with Gasteiger partial charge in [-0.05, 0) is 39.2 Å². The van der Waals surface area contributed by atoms with Crippen molar-refractivity contribution in [2.24, 2.45) is 0 Å². The number of aromatic nitrogens is 1. The lowest BCUT2D eigenvalue weighted by Gasteiger charge is -2.04. The largest absolute Gasteiger partial charge is 0.311 e. The molecule has 1 N–H and O–H groups in total. The standard InChI is InChI=1S/C12H18N2S/c1-10-12(15-9-14-10)8-13-7-6-11-4-2-3-5-11/h4,9,13H,2-3,5-8H2,1H3. The third kappa shape index (κ3) is 3.14. The maximum atomic E-state index is 4.24. The first-order chi connectivity index (χ1) is 7.36. The fourth-order valence-corrected chi connectivity index (χ4v) is 2.66. The molecular formula is C12H18N2S.